The standard InChI is InChI=1S/C14H18F2N2/c15-12-7-6-11(9-13(12)16)14(18-17)8-10-4-2-1-3-5-10/h4,6-7,9,14,18H,1-3,5,8,17H2. The fourth-order valence-corrected chi connectivity index (χ4v) is 2.35. The van der Waals surface area contributed by atoms with E-state index in [9.17, 15) is 8.78 Å². The van der Waals surface area contributed by atoms with E-state index in [4.69, 9.17) is 5.84 Å². The molecule has 0 bridgehead atoms. The van der Waals surface area contributed by atoms with Gasteiger partial charge in [0.25, 0.3) is 0 Å². The molecule has 0 saturated heterocycles. The Morgan fingerprint density at radius 2 is 2.06 bits per heavy atom. The predicted octanol–water partition coefficient (Wildman–Crippen LogP) is 3.36. The van der Waals surface area contributed by atoms with Gasteiger partial charge in [-0.2, -0.15) is 0 Å². The van der Waals surface area contributed by atoms with Crippen LogP contribution < -0.4 is 11.3 Å². The molecule has 0 heterocycles. The van der Waals surface area contributed by atoms with Crippen LogP contribution in [0.3, 0.4) is 0 Å². The highest BCUT2D eigenvalue weighted by Gasteiger charge is 2.15. The summed E-state index contributed by atoms with van der Waals surface area (Å²) < 4.78 is 26.1. The number of allylic oxidation sites excluding steroid dienone is 1. The Bertz CT molecular complexity index is 443. The number of rotatable bonds is 4. The van der Waals surface area contributed by atoms with Gasteiger partial charge in [0.05, 0.1) is 0 Å². The summed E-state index contributed by atoms with van der Waals surface area (Å²) in [4.78, 5) is 0. The quantitative estimate of drug-likeness (QED) is 0.490. The third-order valence-corrected chi connectivity index (χ3v) is 3.40. The van der Waals surface area contributed by atoms with Gasteiger partial charge in [-0.15, -0.1) is 0 Å². The van der Waals surface area contributed by atoms with Crippen molar-refractivity contribution >= 4 is 0 Å². The van der Waals surface area contributed by atoms with Crippen LogP contribution in [0.1, 0.15) is 43.7 Å². The van der Waals surface area contributed by atoms with Crippen LogP contribution >= 0.6 is 0 Å². The fraction of sp³-hybridized carbons (Fsp3) is 0.429. The Labute approximate surface area is 106 Å². The highest BCUT2D eigenvalue weighted by Crippen LogP contribution is 2.27. The molecule has 1 aliphatic carbocycles. The van der Waals surface area contributed by atoms with Crippen molar-refractivity contribution in [1.29, 1.82) is 0 Å². The van der Waals surface area contributed by atoms with E-state index in [1.165, 1.54) is 24.5 Å². The Balaban J connectivity index is 2.12. The molecule has 18 heavy (non-hydrogen) atoms. The van der Waals surface area contributed by atoms with Crippen LogP contribution in [0.4, 0.5) is 8.78 Å². The Morgan fingerprint density at radius 3 is 2.67 bits per heavy atom. The van der Waals surface area contributed by atoms with E-state index in [1.54, 1.807) is 6.07 Å². The van der Waals surface area contributed by atoms with Gasteiger partial charge in [-0.1, -0.05) is 17.7 Å². The smallest absolute Gasteiger partial charge is 0.159 e. The van der Waals surface area contributed by atoms with E-state index < -0.39 is 11.6 Å². The molecule has 0 spiro atoms. The zero-order valence-electron chi connectivity index (χ0n) is 10.3. The van der Waals surface area contributed by atoms with Crippen molar-refractivity contribution in [2.24, 2.45) is 5.84 Å². The van der Waals surface area contributed by atoms with Crippen LogP contribution in [-0.2, 0) is 0 Å². The molecule has 3 N–H and O–H groups in total. The summed E-state index contributed by atoms with van der Waals surface area (Å²) in [5.74, 6) is 3.86. The molecule has 2 nitrogen and oxygen atoms in total. The van der Waals surface area contributed by atoms with Crippen molar-refractivity contribution in [2.75, 3.05) is 0 Å². The maximum atomic E-state index is 13.2. The first kappa shape index (κ1) is 13.2. The van der Waals surface area contributed by atoms with Gasteiger partial charge >= 0.3 is 0 Å². The second kappa shape index (κ2) is 6.07. The van der Waals surface area contributed by atoms with Crippen molar-refractivity contribution in [2.45, 2.75) is 38.1 Å². The summed E-state index contributed by atoms with van der Waals surface area (Å²) >= 11 is 0. The highest BCUT2D eigenvalue weighted by atomic mass is 19.2. The molecular formula is C14H18F2N2. The number of hydrazine groups is 1. The number of benzene rings is 1. The minimum Gasteiger partial charge on any atom is -0.271 e. The number of nitrogens with two attached hydrogens (primary N) is 1. The molecule has 0 aromatic heterocycles. The van der Waals surface area contributed by atoms with Crippen LogP contribution in [0.15, 0.2) is 29.8 Å². The van der Waals surface area contributed by atoms with E-state index in [0.717, 1.165) is 25.3 Å². The molecule has 0 saturated carbocycles. The Hall–Kier alpha value is -1.26. The summed E-state index contributed by atoms with van der Waals surface area (Å²) in [7, 11) is 0. The fourth-order valence-electron chi connectivity index (χ4n) is 2.35. The number of hydrogen-bond acceptors (Lipinski definition) is 2. The van der Waals surface area contributed by atoms with E-state index >= 15 is 0 Å². The molecule has 1 unspecified atom stereocenters. The van der Waals surface area contributed by atoms with Gasteiger partial charge in [-0.25, -0.2) is 8.78 Å². The van der Waals surface area contributed by atoms with Gasteiger partial charge in [0, 0.05) is 6.04 Å². The van der Waals surface area contributed by atoms with Crippen molar-refractivity contribution in [1.82, 2.24) is 5.43 Å². The van der Waals surface area contributed by atoms with E-state index in [1.807, 2.05) is 0 Å². The average molecular weight is 252 g/mol. The minimum atomic E-state index is -0.828. The van der Waals surface area contributed by atoms with Crippen LogP contribution in [0.25, 0.3) is 0 Å². The van der Waals surface area contributed by atoms with E-state index in [2.05, 4.69) is 11.5 Å². The van der Waals surface area contributed by atoms with Crippen LogP contribution in [0, 0.1) is 11.6 Å². The summed E-state index contributed by atoms with van der Waals surface area (Å²) in [6, 6.07) is 3.77. The number of halogens is 2. The highest BCUT2D eigenvalue weighted by molar-refractivity contribution is 5.23. The van der Waals surface area contributed by atoms with Crippen LogP contribution in [0.5, 0.6) is 0 Å². The lowest BCUT2D eigenvalue weighted by atomic mass is 9.92. The number of nitrogens with one attached hydrogen (secondary N) is 1. The second-order valence-corrected chi connectivity index (χ2v) is 4.71. The van der Waals surface area contributed by atoms with Crippen LogP contribution in [0.2, 0.25) is 0 Å². The molecule has 98 valence electrons. The van der Waals surface area contributed by atoms with Gasteiger partial charge in [-0.05, 0) is 49.8 Å². The van der Waals surface area contributed by atoms with Gasteiger partial charge in [-0.3, -0.25) is 11.3 Å². The van der Waals surface area contributed by atoms with Gasteiger partial charge in [0.1, 0.15) is 0 Å². The Morgan fingerprint density at radius 1 is 1.22 bits per heavy atom. The van der Waals surface area contributed by atoms with Gasteiger partial charge in [0.2, 0.25) is 0 Å². The molecule has 0 amide bonds. The summed E-state index contributed by atoms with van der Waals surface area (Å²) in [5.41, 5.74) is 4.71. The summed E-state index contributed by atoms with van der Waals surface area (Å²) in [6.45, 7) is 0. The van der Waals surface area contributed by atoms with Gasteiger partial charge < -0.3 is 0 Å². The van der Waals surface area contributed by atoms with E-state index in [0.29, 0.717) is 5.56 Å². The lowest BCUT2D eigenvalue weighted by molar-refractivity contribution is 0.493. The predicted molar refractivity (Wildman–Crippen MR) is 67.6 cm³/mol. The zero-order chi connectivity index (χ0) is 13.0. The SMILES string of the molecule is NNC(CC1=CCCCC1)c1ccc(F)c(F)c1. The zero-order valence-corrected chi connectivity index (χ0v) is 10.3. The third-order valence-electron chi connectivity index (χ3n) is 3.40. The van der Waals surface area contributed by atoms with Crippen LogP contribution in [-0.4, -0.2) is 0 Å². The first-order valence-corrected chi connectivity index (χ1v) is 6.29. The molecule has 1 aliphatic rings. The van der Waals surface area contributed by atoms with E-state index in [-0.39, 0.29) is 6.04 Å². The third kappa shape index (κ3) is 3.15. The van der Waals surface area contributed by atoms with Crippen molar-refractivity contribution < 1.29 is 8.78 Å². The normalized spacial score (nSPS) is 17.4. The van der Waals surface area contributed by atoms with Crippen molar-refractivity contribution in [3.05, 3.63) is 47.0 Å². The molecule has 0 radical (unpaired) electrons. The summed E-state index contributed by atoms with van der Waals surface area (Å²) in [5, 5.41) is 0. The lowest BCUT2D eigenvalue weighted by Crippen LogP contribution is -2.28. The molecule has 4 heteroatoms. The Kier molecular flexibility index (Phi) is 4.44. The summed E-state index contributed by atoms with van der Waals surface area (Å²) in [6.07, 6.45) is 7.58. The molecule has 2 rings (SSSR count). The van der Waals surface area contributed by atoms with Crippen molar-refractivity contribution in [3.63, 3.8) is 0 Å². The van der Waals surface area contributed by atoms with Crippen molar-refractivity contribution in [3.8, 4) is 0 Å². The first-order valence-electron chi connectivity index (χ1n) is 6.29. The maximum absolute atomic E-state index is 13.2. The molecule has 1 aromatic carbocycles. The largest absolute Gasteiger partial charge is 0.271 e. The first-order chi connectivity index (χ1) is 8.70. The lowest BCUT2D eigenvalue weighted by Gasteiger charge is -2.20. The minimum absolute atomic E-state index is 0.163. The molecule has 1 aromatic rings. The molecule has 1 atom stereocenters. The average Bonchev–Trinajstić information content (AvgIpc) is 2.40. The van der Waals surface area contributed by atoms with Gasteiger partial charge in [0.15, 0.2) is 11.6 Å². The molecule has 0 fully saturated rings. The molecular weight excluding hydrogens is 234 g/mol. The second-order valence-electron chi connectivity index (χ2n) is 4.71. The molecule has 0 aliphatic heterocycles. The topological polar surface area (TPSA) is 38.0 Å². The number of hydrogen-bond donors (Lipinski definition) is 2. The maximum Gasteiger partial charge on any atom is 0.159 e. The monoisotopic (exact) mass is 252 g/mol.